The molecule has 1 amide bonds. The first kappa shape index (κ1) is 20.6. The maximum absolute atomic E-state index is 12.5. The molecular formula is C26H25N7O. The highest BCUT2D eigenvalue weighted by atomic mass is 16.2. The second kappa shape index (κ2) is 7.80. The topological polar surface area (TPSA) is 73.2 Å². The van der Waals surface area contributed by atoms with E-state index in [2.05, 4.69) is 20.6 Å². The second-order valence-corrected chi connectivity index (χ2v) is 9.10. The Morgan fingerprint density at radius 3 is 2.76 bits per heavy atom. The number of pyridine rings is 1. The number of imidazole rings is 1. The molecule has 0 saturated heterocycles. The van der Waals surface area contributed by atoms with Crippen molar-refractivity contribution in [3.8, 4) is 22.5 Å². The number of carbonyl (C=O) groups excluding carboxylic acids is 1. The van der Waals surface area contributed by atoms with Gasteiger partial charge in [-0.15, -0.1) is 0 Å². The average Bonchev–Trinajstić information content (AvgIpc) is 3.51. The molecule has 1 aliphatic carbocycles. The van der Waals surface area contributed by atoms with Gasteiger partial charge in [-0.1, -0.05) is 19.1 Å². The molecule has 2 aliphatic rings. The zero-order valence-electron chi connectivity index (χ0n) is 19.3. The standard InChI is InChI=1S/C26H25N7O/c1-4-23(34)32-10-11-33-22(15-32)25(30-26(33)16-8-9-16)18-6-5-7-20-19(18)12-21(27-2)24(29-20)17-13-28-31(3)14-17/h5-7,12-14,16H,4,8-11,15H2,1,3H3. The van der Waals surface area contributed by atoms with Gasteiger partial charge in [0.25, 0.3) is 0 Å². The van der Waals surface area contributed by atoms with Crippen LogP contribution >= 0.6 is 0 Å². The van der Waals surface area contributed by atoms with Crippen molar-refractivity contribution in [1.82, 2.24) is 29.2 Å². The van der Waals surface area contributed by atoms with Gasteiger partial charge >= 0.3 is 0 Å². The van der Waals surface area contributed by atoms with E-state index in [1.165, 1.54) is 12.8 Å². The molecule has 0 N–H and O–H groups in total. The van der Waals surface area contributed by atoms with E-state index in [9.17, 15) is 4.79 Å². The molecule has 0 bridgehead atoms. The van der Waals surface area contributed by atoms with E-state index < -0.39 is 0 Å². The minimum Gasteiger partial charge on any atom is -0.335 e. The molecule has 170 valence electrons. The fourth-order valence-electron chi connectivity index (χ4n) is 4.93. The summed E-state index contributed by atoms with van der Waals surface area (Å²) in [5.41, 5.74) is 5.73. The van der Waals surface area contributed by atoms with Crippen molar-refractivity contribution in [1.29, 1.82) is 0 Å². The Balaban J connectivity index is 1.53. The molecule has 8 heteroatoms. The zero-order chi connectivity index (χ0) is 23.4. The zero-order valence-corrected chi connectivity index (χ0v) is 19.3. The van der Waals surface area contributed by atoms with Crippen LogP contribution in [0.2, 0.25) is 0 Å². The lowest BCUT2D eigenvalue weighted by Gasteiger charge is -2.29. The van der Waals surface area contributed by atoms with Crippen LogP contribution in [0.4, 0.5) is 5.69 Å². The van der Waals surface area contributed by atoms with E-state index in [4.69, 9.17) is 16.5 Å². The van der Waals surface area contributed by atoms with Crippen LogP contribution in [0.1, 0.15) is 43.6 Å². The van der Waals surface area contributed by atoms with Gasteiger partial charge in [0.2, 0.25) is 11.6 Å². The normalized spacial score (nSPS) is 15.4. The number of hydrogen-bond acceptors (Lipinski definition) is 4. The molecule has 4 heterocycles. The van der Waals surface area contributed by atoms with Gasteiger partial charge in [-0.25, -0.2) is 9.83 Å². The Morgan fingerprint density at radius 1 is 1.21 bits per heavy atom. The maximum Gasteiger partial charge on any atom is 0.222 e. The van der Waals surface area contributed by atoms with E-state index >= 15 is 0 Å². The van der Waals surface area contributed by atoms with Crippen LogP contribution < -0.4 is 0 Å². The van der Waals surface area contributed by atoms with Crippen LogP contribution in [0.3, 0.4) is 0 Å². The van der Waals surface area contributed by atoms with E-state index in [0.29, 0.717) is 30.3 Å². The van der Waals surface area contributed by atoms with Crippen molar-refractivity contribution in [2.24, 2.45) is 7.05 Å². The van der Waals surface area contributed by atoms with Gasteiger partial charge in [0.1, 0.15) is 5.82 Å². The number of hydrogen-bond donors (Lipinski definition) is 0. The Hall–Kier alpha value is -3.99. The highest BCUT2D eigenvalue weighted by Crippen LogP contribution is 2.44. The Bertz CT molecular complexity index is 1490. The van der Waals surface area contributed by atoms with Crippen LogP contribution in [-0.4, -0.2) is 41.7 Å². The molecule has 1 saturated carbocycles. The van der Waals surface area contributed by atoms with Crippen LogP contribution in [-0.2, 0) is 24.9 Å². The minimum atomic E-state index is 0.169. The predicted molar refractivity (Wildman–Crippen MR) is 129 cm³/mol. The molecule has 34 heavy (non-hydrogen) atoms. The van der Waals surface area contributed by atoms with Crippen molar-refractivity contribution >= 4 is 22.5 Å². The van der Waals surface area contributed by atoms with Crippen molar-refractivity contribution in [2.45, 2.75) is 45.2 Å². The lowest BCUT2D eigenvalue weighted by molar-refractivity contribution is -0.132. The number of benzene rings is 1. The van der Waals surface area contributed by atoms with Gasteiger partial charge in [-0.3, -0.25) is 14.5 Å². The molecule has 8 nitrogen and oxygen atoms in total. The smallest absolute Gasteiger partial charge is 0.222 e. The largest absolute Gasteiger partial charge is 0.335 e. The molecule has 1 aliphatic heterocycles. The lowest BCUT2D eigenvalue weighted by Crippen LogP contribution is -2.38. The third-order valence-corrected chi connectivity index (χ3v) is 6.83. The summed E-state index contributed by atoms with van der Waals surface area (Å²) in [5.74, 6) is 1.81. The monoisotopic (exact) mass is 451 g/mol. The van der Waals surface area contributed by atoms with Crippen molar-refractivity contribution in [3.63, 3.8) is 0 Å². The molecule has 3 aromatic heterocycles. The van der Waals surface area contributed by atoms with Crippen LogP contribution in [0.25, 0.3) is 38.3 Å². The van der Waals surface area contributed by atoms with E-state index in [0.717, 1.165) is 52.3 Å². The summed E-state index contributed by atoms with van der Waals surface area (Å²) in [5, 5.41) is 5.15. The molecule has 0 spiro atoms. The summed E-state index contributed by atoms with van der Waals surface area (Å²) in [4.78, 5) is 28.2. The minimum absolute atomic E-state index is 0.169. The van der Waals surface area contributed by atoms with Gasteiger partial charge < -0.3 is 9.47 Å². The van der Waals surface area contributed by atoms with Crippen LogP contribution in [0.5, 0.6) is 0 Å². The quantitative estimate of drug-likeness (QED) is 0.423. The molecule has 4 aromatic rings. The van der Waals surface area contributed by atoms with Gasteiger partial charge in [-0.2, -0.15) is 5.10 Å². The third kappa shape index (κ3) is 3.27. The first-order valence-corrected chi connectivity index (χ1v) is 11.7. The molecule has 0 atom stereocenters. The lowest BCUT2D eigenvalue weighted by atomic mass is 10.0. The Morgan fingerprint density at radius 2 is 2.06 bits per heavy atom. The maximum atomic E-state index is 12.5. The summed E-state index contributed by atoms with van der Waals surface area (Å²) in [7, 11) is 1.85. The number of rotatable bonds is 4. The first-order valence-electron chi connectivity index (χ1n) is 11.7. The molecule has 0 unspecified atom stereocenters. The number of nitrogens with zero attached hydrogens (tertiary/aromatic N) is 7. The number of carbonyl (C=O) groups is 1. The summed E-state index contributed by atoms with van der Waals surface area (Å²) in [6.07, 6.45) is 6.45. The molecule has 0 radical (unpaired) electrons. The summed E-state index contributed by atoms with van der Waals surface area (Å²) in [6, 6.07) is 7.95. The highest BCUT2D eigenvalue weighted by Gasteiger charge is 2.34. The van der Waals surface area contributed by atoms with Crippen molar-refractivity contribution in [3.05, 3.63) is 59.6 Å². The number of fused-ring (bicyclic) bond motifs is 2. The molecular weight excluding hydrogens is 426 g/mol. The number of amides is 1. The van der Waals surface area contributed by atoms with Crippen molar-refractivity contribution in [2.75, 3.05) is 6.54 Å². The van der Waals surface area contributed by atoms with Crippen LogP contribution in [0.15, 0.2) is 36.7 Å². The molecule has 1 fully saturated rings. The Kier molecular flexibility index (Phi) is 4.73. The van der Waals surface area contributed by atoms with E-state index in [1.54, 1.807) is 10.9 Å². The van der Waals surface area contributed by atoms with E-state index in [1.807, 2.05) is 43.3 Å². The highest BCUT2D eigenvalue weighted by molar-refractivity contribution is 5.99. The van der Waals surface area contributed by atoms with Crippen LogP contribution in [0, 0.1) is 6.57 Å². The SMILES string of the molecule is [C-]#[N+]c1cc2c(-c3nc(C4CC4)n4c3CN(C(=O)CC)CC4)cccc2nc1-c1cnn(C)c1. The summed E-state index contributed by atoms with van der Waals surface area (Å²) >= 11 is 0. The van der Waals surface area contributed by atoms with Gasteiger partial charge in [-0.05, 0) is 30.4 Å². The van der Waals surface area contributed by atoms with Gasteiger partial charge in [0.15, 0.2) is 0 Å². The molecule has 1 aromatic carbocycles. The first-order chi connectivity index (χ1) is 16.6. The third-order valence-electron chi connectivity index (χ3n) is 6.83. The van der Waals surface area contributed by atoms with E-state index in [-0.39, 0.29) is 5.91 Å². The van der Waals surface area contributed by atoms with Crippen molar-refractivity contribution < 1.29 is 4.79 Å². The average molecular weight is 452 g/mol. The Labute approximate surface area is 197 Å². The summed E-state index contributed by atoms with van der Waals surface area (Å²) in [6.45, 7) is 11.8. The fourth-order valence-corrected chi connectivity index (χ4v) is 4.93. The van der Waals surface area contributed by atoms with Gasteiger partial charge in [0.05, 0.1) is 41.9 Å². The number of aromatic nitrogens is 5. The number of aryl methyl sites for hydroxylation is 1. The van der Waals surface area contributed by atoms with Gasteiger partial charge in [0, 0.05) is 49.8 Å². The predicted octanol–water partition coefficient (Wildman–Crippen LogP) is 4.68. The second-order valence-electron chi connectivity index (χ2n) is 9.10. The molecule has 6 rings (SSSR count). The summed E-state index contributed by atoms with van der Waals surface area (Å²) < 4.78 is 4.05. The fraction of sp³-hybridized carbons (Fsp3) is 0.346.